The third-order valence-corrected chi connectivity index (χ3v) is 9.25. The molecule has 0 spiro atoms. The molecule has 4 amide bonds. The van der Waals surface area contributed by atoms with Gasteiger partial charge in [-0.2, -0.15) is 5.10 Å². The maximum absolute atomic E-state index is 12.4. The van der Waals surface area contributed by atoms with E-state index in [-0.39, 0.29) is 12.3 Å². The molecular formula is C34H45N7O4. The predicted molar refractivity (Wildman–Crippen MR) is 176 cm³/mol. The molecule has 0 bridgehead atoms. The van der Waals surface area contributed by atoms with E-state index in [0.29, 0.717) is 18.3 Å². The van der Waals surface area contributed by atoms with E-state index in [1.807, 2.05) is 50.7 Å². The van der Waals surface area contributed by atoms with Crippen LogP contribution in [0.2, 0.25) is 0 Å². The minimum atomic E-state index is -0.517. The molecule has 6 rings (SSSR count). The average molecular weight is 616 g/mol. The maximum Gasteiger partial charge on any atom is 0.412 e. The van der Waals surface area contributed by atoms with Gasteiger partial charge in [0.05, 0.1) is 5.52 Å². The monoisotopic (exact) mass is 615 g/mol. The summed E-state index contributed by atoms with van der Waals surface area (Å²) in [7, 11) is 1.90. The van der Waals surface area contributed by atoms with Gasteiger partial charge in [-0.25, -0.2) is 9.59 Å². The van der Waals surface area contributed by atoms with Crippen molar-refractivity contribution in [2.75, 3.05) is 54.4 Å². The number of piperazine rings is 1. The molecule has 3 aliphatic rings. The second-order valence-electron chi connectivity index (χ2n) is 13.7. The Hall–Kier alpha value is -4.12. The lowest BCUT2D eigenvalue weighted by atomic mass is 9.78. The molecule has 2 N–H and O–H groups in total. The van der Waals surface area contributed by atoms with E-state index >= 15 is 0 Å². The SMILES string of the molecule is Cn1nc(N2CCC(=O)NC2=O)c2ccc(N3CCN(CC4CCC(c5ccc(NC(=O)OC(C)(C)C)cc5)CC4)CC3)cc21. The van der Waals surface area contributed by atoms with Crippen molar-refractivity contribution in [3.8, 4) is 0 Å². The lowest BCUT2D eigenvalue weighted by Gasteiger charge is -2.39. The van der Waals surface area contributed by atoms with Gasteiger partial charge in [0, 0.05) is 69.5 Å². The molecule has 45 heavy (non-hydrogen) atoms. The second kappa shape index (κ2) is 12.7. The number of ether oxygens (including phenoxy) is 1. The van der Waals surface area contributed by atoms with Gasteiger partial charge in [-0.3, -0.25) is 29.9 Å². The highest BCUT2D eigenvalue weighted by atomic mass is 16.6. The Balaban J connectivity index is 0.972. The van der Waals surface area contributed by atoms with Crippen molar-refractivity contribution in [1.29, 1.82) is 0 Å². The molecule has 3 fully saturated rings. The first-order chi connectivity index (χ1) is 21.5. The summed E-state index contributed by atoms with van der Waals surface area (Å²) in [5.74, 6) is 1.65. The van der Waals surface area contributed by atoms with Crippen LogP contribution < -0.4 is 20.4 Å². The van der Waals surface area contributed by atoms with Crippen LogP contribution in [-0.4, -0.2) is 77.6 Å². The summed E-state index contributed by atoms with van der Waals surface area (Å²) in [6.45, 7) is 11.1. The van der Waals surface area contributed by atoms with E-state index < -0.39 is 17.7 Å². The number of carbonyl (C=O) groups is 3. The molecule has 0 atom stereocenters. The summed E-state index contributed by atoms with van der Waals surface area (Å²) in [5.41, 5.74) is 3.74. The zero-order valence-corrected chi connectivity index (χ0v) is 26.8. The highest BCUT2D eigenvalue weighted by molar-refractivity contribution is 6.09. The molecule has 2 aliphatic heterocycles. The predicted octanol–water partition coefficient (Wildman–Crippen LogP) is 5.46. The molecule has 0 unspecified atom stereocenters. The van der Waals surface area contributed by atoms with Crippen LogP contribution in [0.15, 0.2) is 42.5 Å². The number of nitrogens with zero attached hydrogens (tertiary/aromatic N) is 5. The number of benzene rings is 2. The van der Waals surface area contributed by atoms with Gasteiger partial charge >= 0.3 is 12.1 Å². The summed E-state index contributed by atoms with van der Waals surface area (Å²) in [4.78, 5) is 42.7. The van der Waals surface area contributed by atoms with Crippen LogP contribution in [-0.2, 0) is 16.6 Å². The van der Waals surface area contributed by atoms with Gasteiger partial charge in [0.2, 0.25) is 5.91 Å². The molecule has 1 aromatic heterocycles. The number of amides is 4. The fraction of sp³-hybridized carbons (Fsp3) is 0.529. The molecule has 3 aromatic rings. The summed E-state index contributed by atoms with van der Waals surface area (Å²) < 4.78 is 7.17. The normalized spacial score (nSPS) is 21.6. The fourth-order valence-corrected chi connectivity index (χ4v) is 6.88. The highest BCUT2D eigenvalue weighted by Crippen LogP contribution is 2.37. The minimum absolute atomic E-state index is 0.247. The van der Waals surface area contributed by atoms with Crippen molar-refractivity contribution >= 4 is 46.1 Å². The number of hydrogen-bond acceptors (Lipinski definition) is 7. The van der Waals surface area contributed by atoms with E-state index in [9.17, 15) is 14.4 Å². The molecule has 11 nitrogen and oxygen atoms in total. The van der Waals surface area contributed by atoms with Crippen LogP contribution in [0, 0.1) is 5.92 Å². The fourth-order valence-electron chi connectivity index (χ4n) is 6.88. The topological polar surface area (TPSA) is 112 Å². The van der Waals surface area contributed by atoms with Crippen molar-refractivity contribution in [3.63, 3.8) is 0 Å². The van der Waals surface area contributed by atoms with Crippen LogP contribution in [0.25, 0.3) is 10.9 Å². The Morgan fingerprint density at radius 2 is 1.69 bits per heavy atom. The largest absolute Gasteiger partial charge is 0.444 e. The number of hydrogen-bond donors (Lipinski definition) is 2. The number of urea groups is 1. The number of rotatable bonds is 6. The van der Waals surface area contributed by atoms with E-state index in [0.717, 1.165) is 55.2 Å². The summed E-state index contributed by atoms with van der Waals surface area (Å²) in [5, 5.41) is 10.7. The third-order valence-electron chi connectivity index (χ3n) is 9.25. The first-order valence-corrected chi connectivity index (χ1v) is 16.2. The van der Waals surface area contributed by atoms with E-state index in [1.54, 1.807) is 4.90 Å². The second-order valence-corrected chi connectivity index (χ2v) is 13.7. The number of imide groups is 1. The van der Waals surface area contributed by atoms with Crippen LogP contribution in [0.5, 0.6) is 0 Å². The van der Waals surface area contributed by atoms with Gasteiger partial charge < -0.3 is 9.64 Å². The quantitative estimate of drug-likeness (QED) is 0.379. The Kier molecular flexibility index (Phi) is 8.72. The van der Waals surface area contributed by atoms with Gasteiger partial charge in [0.15, 0.2) is 5.82 Å². The van der Waals surface area contributed by atoms with Crippen LogP contribution in [0.4, 0.5) is 26.8 Å². The molecule has 11 heteroatoms. The molecule has 2 saturated heterocycles. The number of aromatic nitrogens is 2. The standard InChI is InChI=1S/C34H45N7O4/c1-34(2,3)45-33(44)35-26-11-9-25(10-12-26)24-7-5-23(6-8-24)22-39-17-19-40(20-18-39)27-13-14-28-29(21-27)38(4)37-31(28)41-16-15-30(42)36-32(41)43/h9-14,21,23-24H,5-8,15-20,22H2,1-4H3,(H,35,44)(H,36,42,43). The lowest BCUT2D eigenvalue weighted by Crippen LogP contribution is -2.49. The van der Waals surface area contributed by atoms with Crippen LogP contribution in [0.3, 0.4) is 0 Å². The molecule has 3 heterocycles. The van der Waals surface area contributed by atoms with E-state index in [1.165, 1.54) is 36.9 Å². The van der Waals surface area contributed by atoms with Gasteiger partial charge in [0.1, 0.15) is 5.60 Å². The first kappa shape index (κ1) is 30.9. The van der Waals surface area contributed by atoms with Gasteiger partial charge in [-0.1, -0.05) is 12.1 Å². The molecule has 2 aromatic carbocycles. The van der Waals surface area contributed by atoms with Gasteiger partial charge in [-0.15, -0.1) is 0 Å². The van der Waals surface area contributed by atoms with Crippen molar-refractivity contribution in [1.82, 2.24) is 20.0 Å². The average Bonchev–Trinajstić information content (AvgIpc) is 3.32. The third kappa shape index (κ3) is 7.24. The first-order valence-electron chi connectivity index (χ1n) is 16.2. The van der Waals surface area contributed by atoms with E-state index in [2.05, 4.69) is 49.8 Å². The van der Waals surface area contributed by atoms with Crippen molar-refractivity contribution < 1.29 is 19.1 Å². The molecule has 1 saturated carbocycles. The molecular weight excluding hydrogens is 570 g/mol. The number of aryl methyl sites for hydroxylation is 1. The number of carbonyl (C=O) groups excluding carboxylic acids is 3. The zero-order valence-electron chi connectivity index (χ0n) is 26.8. The summed E-state index contributed by atoms with van der Waals surface area (Å²) >= 11 is 0. The number of nitrogens with one attached hydrogen (secondary N) is 2. The summed E-state index contributed by atoms with van der Waals surface area (Å²) in [6.07, 6.45) is 4.73. The molecule has 0 radical (unpaired) electrons. The minimum Gasteiger partial charge on any atom is -0.444 e. The lowest BCUT2D eigenvalue weighted by molar-refractivity contribution is -0.120. The van der Waals surface area contributed by atoms with Crippen molar-refractivity contribution in [3.05, 3.63) is 48.0 Å². The molecule has 1 aliphatic carbocycles. The van der Waals surface area contributed by atoms with Crippen molar-refractivity contribution in [2.45, 2.75) is 64.4 Å². The maximum atomic E-state index is 12.4. The summed E-state index contributed by atoms with van der Waals surface area (Å²) in [6, 6.07) is 14.2. The molecule has 240 valence electrons. The smallest absolute Gasteiger partial charge is 0.412 e. The Morgan fingerprint density at radius 1 is 0.978 bits per heavy atom. The van der Waals surface area contributed by atoms with E-state index in [4.69, 9.17) is 4.74 Å². The van der Waals surface area contributed by atoms with Gasteiger partial charge in [-0.05, 0) is 94.2 Å². The Morgan fingerprint density at radius 3 is 2.36 bits per heavy atom. The van der Waals surface area contributed by atoms with Crippen LogP contribution in [0.1, 0.15) is 64.4 Å². The van der Waals surface area contributed by atoms with Crippen LogP contribution >= 0.6 is 0 Å². The van der Waals surface area contributed by atoms with Gasteiger partial charge in [0.25, 0.3) is 0 Å². The Bertz CT molecular complexity index is 1540. The number of fused-ring (bicyclic) bond motifs is 1. The van der Waals surface area contributed by atoms with Crippen molar-refractivity contribution in [2.24, 2.45) is 13.0 Å². The Labute approximate surface area is 264 Å². The number of anilines is 3. The highest BCUT2D eigenvalue weighted by Gasteiger charge is 2.29. The zero-order chi connectivity index (χ0) is 31.7.